The fraction of sp³-hybridized carbons (Fsp3) is 0.364. The van der Waals surface area contributed by atoms with E-state index in [1.54, 1.807) is 31.3 Å². The third-order valence-electron chi connectivity index (χ3n) is 4.35. The number of benzene rings is 2. The van der Waals surface area contributed by atoms with E-state index in [-0.39, 0.29) is 42.2 Å². The SMILES string of the molecule is CN=C(NCc1cccc(C(=O)NCCN(C)C)c1)NCc1ccccc1OC(F)F.I. The second-order valence-electron chi connectivity index (χ2n) is 7.03. The van der Waals surface area contributed by atoms with Crippen molar-refractivity contribution in [3.63, 3.8) is 0 Å². The highest BCUT2D eigenvalue weighted by molar-refractivity contribution is 14.0. The van der Waals surface area contributed by atoms with Gasteiger partial charge in [0.25, 0.3) is 5.91 Å². The highest BCUT2D eigenvalue weighted by atomic mass is 127. The molecule has 0 fully saturated rings. The van der Waals surface area contributed by atoms with Crippen LogP contribution in [-0.4, -0.2) is 57.6 Å². The first-order valence-corrected chi connectivity index (χ1v) is 9.88. The Morgan fingerprint density at radius 1 is 1.06 bits per heavy atom. The Hall–Kier alpha value is -2.47. The van der Waals surface area contributed by atoms with Crippen LogP contribution in [0.2, 0.25) is 0 Å². The number of hydrogen-bond donors (Lipinski definition) is 3. The first-order chi connectivity index (χ1) is 14.9. The summed E-state index contributed by atoms with van der Waals surface area (Å²) in [7, 11) is 5.51. The van der Waals surface area contributed by atoms with Gasteiger partial charge in [-0.2, -0.15) is 8.78 Å². The van der Waals surface area contributed by atoms with Crippen molar-refractivity contribution < 1.29 is 18.3 Å². The maximum Gasteiger partial charge on any atom is 0.387 e. The molecule has 1 amide bonds. The van der Waals surface area contributed by atoms with Gasteiger partial charge < -0.3 is 25.6 Å². The summed E-state index contributed by atoms with van der Waals surface area (Å²) >= 11 is 0. The van der Waals surface area contributed by atoms with Gasteiger partial charge in [0.1, 0.15) is 5.75 Å². The molecule has 0 bridgehead atoms. The first-order valence-electron chi connectivity index (χ1n) is 9.88. The van der Waals surface area contributed by atoms with Crippen LogP contribution in [0.4, 0.5) is 8.78 Å². The minimum atomic E-state index is -2.88. The average molecular weight is 561 g/mol. The third kappa shape index (κ3) is 9.77. The Balaban J connectivity index is 0.00000512. The zero-order chi connectivity index (χ0) is 22.6. The molecule has 7 nitrogen and oxygen atoms in total. The van der Waals surface area contributed by atoms with Gasteiger partial charge in [0.05, 0.1) is 0 Å². The molecule has 0 aliphatic heterocycles. The summed E-state index contributed by atoms with van der Waals surface area (Å²) in [4.78, 5) is 18.4. The number of amides is 1. The Kier molecular flexibility index (Phi) is 12.5. The highest BCUT2D eigenvalue weighted by Crippen LogP contribution is 2.19. The number of nitrogens with one attached hydrogen (secondary N) is 3. The zero-order valence-electron chi connectivity index (χ0n) is 18.4. The second kappa shape index (κ2) is 14.6. The number of aliphatic imine (C=N–C) groups is 1. The first kappa shape index (κ1) is 27.6. The minimum absolute atomic E-state index is 0. The topological polar surface area (TPSA) is 78.0 Å². The lowest BCUT2D eigenvalue weighted by atomic mass is 10.1. The Morgan fingerprint density at radius 2 is 1.78 bits per heavy atom. The summed E-state index contributed by atoms with van der Waals surface area (Å²) in [5, 5.41) is 9.12. The van der Waals surface area contributed by atoms with E-state index in [9.17, 15) is 13.6 Å². The largest absolute Gasteiger partial charge is 0.434 e. The molecule has 176 valence electrons. The number of alkyl halides is 2. The molecule has 10 heteroatoms. The van der Waals surface area contributed by atoms with Gasteiger partial charge >= 0.3 is 6.61 Å². The summed E-state index contributed by atoms with van der Waals surface area (Å²) in [6.07, 6.45) is 0. The van der Waals surface area contributed by atoms with Crippen LogP contribution < -0.4 is 20.7 Å². The van der Waals surface area contributed by atoms with Crippen molar-refractivity contribution in [3.8, 4) is 5.75 Å². The molecule has 0 saturated heterocycles. The highest BCUT2D eigenvalue weighted by Gasteiger charge is 2.10. The van der Waals surface area contributed by atoms with Gasteiger partial charge in [-0.25, -0.2) is 0 Å². The van der Waals surface area contributed by atoms with Crippen molar-refractivity contribution in [1.29, 1.82) is 0 Å². The molecule has 2 aromatic rings. The van der Waals surface area contributed by atoms with Crippen LogP contribution in [0.1, 0.15) is 21.5 Å². The number of hydrogen-bond acceptors (Lipinski definition) is 4. The van der Waals surface area contributed by atoms with Crippen LogP contribution in [-0.2, 0) is 13.1 Å². The molecule has 0 heterocycles. The van der Waals surface area contributed by atoms with Crippen molar-refractivity contribution >= 4 is 35.8 Å². The van der Waals surface area contributed by atoms with E-state index in [0.717, 1.165) is 12.1 Å². The van der Waals surface area contributed by atoms with Crippen molar-refractivity contribution in [2.24, 2.45) is 4.99 Å². The molecular formula is C22H30F2IN5O2. The molecule has 2 rings (SSSR count). The van der Waals surface area contributed by atoms with Crippen molar-refractivity contribution in [2.45, 2.75) is 19.7 Å². The average Bonchev–Trinajstić information content (AvgIpc) is 2.74. The molecular weight excluding hydrogens is 531 g/mol. The van der Waals surface area contributed by atoms with Gasteiger partial charge in [0.15, 0.2) is 5.96 Å². The standard InChI is InChI=1S/C22H29F2N5O2.HI/c1-25-22(28-15-18-8-4-5-10-19(18)31-21(23)24)27-14-16-7-6-9-17(13-16)20(30)26-11-12-29(2)3;/h4-10,13,21H,11-12,14-15H2,1-3H3,(H,26,30)(H2,25,27,28);1H. The number of guanidine groups is 1. The normalized spacial score (nSPS) is 11.2. The molecule has 0 aromatic heterocycles. The lowest BCUT2D eigenvalue weighted by Crippen LogP contribution is -2.36. The minimum Gasteiger partial charge on any atom is -0.434 e. The van der Waals surface area contributed by atoms with Gasteiger partial charge in [-0.3, -0.25) is 9.79 Å². The predicted molar refractivity (Wildman–Crippen MR) is 133 cm³/mol. The second-order valence-corrected chi connectivity index (χ2v) is 7.03. The number of rotatable bonds is 10. The maximum absolute atomic E-state index is 12.6. The molecule has 3 N–H and O–H groups in total. The molecule has 0 unspecified atom stereocenters. The predicted octanol–water partition coefficient (Wildman–Crippen LogP) is 3.06. The van der Waals surface area contributed by atoms with Crippen molar-refractivity contribution in [1.82, 2.24) is 20.9 Å². The van der Waals surface area contributed by atoms with Gasteiger partial charge in [-0.1, -0.05) is 30.3 Å². The molecule has 0 spiro atoms. The maximum atomic E-state index is 12.6. The zero-order valence-corrected chi connectivity index (χ0v) is 20.7. The van der Waals surface area contributed by atoms with Crippen molar-refractivity contribution in [3.05, 3.63) is 65.2 Å². The fourth-order valence-corrected chi connectivity index (χ4v) is 2.76. The Labute approximate surface area is 204 Å². The molecule has 0 saturated carbocycles. The van der Waals surface area contributed by atoms with Crippen LogP contribution in [0.5, 0.6) is 5.75 Å². The Bertz CT molecular complexity index is 881. The lowest BCUT2D eigenvalue weighted by Gasteiger charge is -2.15. The van der Waals surface area contributed by atoms with E-state index in [2.05, 4.69) is 25.7 Å². The third-order valence-corrected chi connectivity index (χ3v) is 4.35. The van der Waals surface area contributed by atoms with E-state index >= 15 is 0 Å². The van der Waals surface area contributed by atoms with E-state index in [0.29, 0.717) is 30.2 Å². The Morgan fingerprint density at radius 3 is 2.47 bits per heavy atom. The monoisotopic (exact) mass is 561 g/mol. The number of carbonyl (C=O) groups is 1. The number of para-hydroxylation sites is 1. The number of nitrogens with zero attached hydrogens (tertiary/aromatic N) is 2. The smallest absolute Gasteiger partial charge is 0.387 e. The number of carbonyl (C=O) groups excluding carboxylic acids is 1. The number of halogens is 3. The quantitative estimate of drug-likeness (QED) is 0.236. The summed E-state index contributed by atoms with van der Waals surface area (Å²) in [6.45, 7) is -0.849. The fourth-order valence-electron chi connectivity index (χ4n) is 2.76. The van der Waals surface area contributed by atoms with Gasteiger partial charge in [0, 0.05) is 44.4 Å². The number of likely N-dealkylation sites (N-methyl/N-ethyl adjacent to an activating group) is 1. The van der Waals surface area contributed by atoms with Crippen LogP contribution in [0, 0.1) is 0 Å². The van der Waals surface area contributed by atoms with Gasteiger partial charge in [-0.05, 0) is 37.9 Å². The summed E-state index contributed by atoms with van der Waals surface area (Å²) in [5.41, 5.74) is 2.07. The molecule has 32 heavy (non-hydrogen) atoms. The van der Waals surface area contributed by atoms with Gasteiger partial charge in [-0.15, -0.1) is 24.0 Å². The molecule has 0 aliphatic rings. The molecule has 2 aromatic carbocycles. The molecule has 0 atom stereocenters. The molecule has 0 radical (unpaired) electrons. The van der Waals surface area contributed by atoms with Crippen LogP contribution >= 0.6 is 24.0 Å². The van der Waals surface area contributed by atoms with Crippen LogP contribution in [0.15, 0.2) is 53.5 Å². The molecule has 0 aliphatic carbocycles. The van der Waals surface area contributed by atoms with Crippen LogP contribution in [0.3, 0.4) is 0 Å². The van der Waals surface area contributed by atoms with E-state index in [4.69, 9.17) is 0 Å². The number of ether oxygens (including phenoxy) is 1. The van der Waals surface area contributed by atoms with Gasteiger partial charge in [0.2, 0.25) is 0 Å². The van der Waals surface area contributed by atoms with E-state index in [1.165, 1.54) is 6.07 Å². The van der Waals surface area contributed by atoms with Crippen molar-refractivity contribution in [2.75, 3.05) is 34.2 Å². The lowest BCUT2D eigenvalue weighted by molar-refractivity contribution is -0.0504. The summed E-state index contributed by atoms with van der Waals surface area (Å²) < 4.78 is 29.7. The summed E-state index contributed by atoms with van der Waals surface area (Å²) in [5.74, 6) is 0.489. The van der Waals surface area contributed by atoms with Crippen LogP contribution in [0.25, 0.3) is 0 Å². The summed E-state index contributed by atoms with van der Waals surface area (Å²) in [6, 6.07) is 13.9. The van der Waals surface area contributed by atoms with E-state index < -0.39 is 6.61 Å². The van der Waals surface area contributed by atoms with E-state index in [1.807, 2.05) is 37.2 Å².